The highest BCUT2D eigenvalue weighted by Crippen LogP contribution is 2.30. The molecule has 0 bridgehead atoms. The standard InChI is InChI=1S/C26H22O/c1-18-3-5-23(6-4-18)26-16-13-24(17-19(26)2)22-9-7-20(8-10-22)21-11-14-25(27)15-12-21/h3-17,27H,1-2H3. The molecule has 0 unspecified atom stereocenters. The molecule has 0 aromatic heterocycles. The van der Waals surface area contributed by atoms with E-state index in [9.17, 15) is 5.11 Å². The van der Waals surface area contributed by atoms with Crippen molar-refractivity contribution in [2.24, 2.45) is 0 Å². The largest absolute Gasteiger partial charge is 0.508 e. The minimum atomic E-state index is 0.291. The Bertz CT molecular complexity index is 1060. The minimum Gasteiger partial charge on any atom is -0.508 e. The van der Waals surface area contributed by atoms with Gasteiger partial charge >= 0.3 is 0 Å². The van der Waals surface area contributed by atoms with E-state index in [0.29, 0.717) is 5.75 Å². The lowest BCUT2D eigenvalue weighted by Crippen LogP contribution is -1.86. The Balaban J connectivity index is 1.62. The number of phenols is 1. The van der Waals surface area contributed by atoms with Crippen molar-refractivity contribution in [2.45, 2.75) is 13.8 Å². The molecule has 4 rings (SSSR count). The molecule has 27 heavy (non-hydrogen) atoms. The van der Waals surface area contributed by atoms with E-state index in [0.717, 1.165) is 11.1 Å². The van der Waals surface area contributed by atoms with Gasteiger partial charge in [-0.05, 0) is 64.9 Å². The summed E-state index contributed by atoms with van der Waals surface area (Å²) in [6.07, 6.45) is 0. The smallest absolute Gasteiger partial charge is 0.115 e. The third kappa shape index (κ3) is 3.63. The van der Waals surface area contributed by atoms with Gasteiger partial charge in [-0.2, -0.15) is 0 Å². The summed E-state index contributed by atoms with van der Waals surface area (Å²) in [5.41, 5.74) is 9.76. The predicted molar refractivity (Wildman–Crippen MR) is 114 cm³/mol. The number of benzene rings is 4. The first-order chi connectivity index (χ1) is 13.1. The molecule has 0 aliphatic carbocycles. The third-order valence-corrected chi connectivity index (χ3v) is 5.01. The molecular weight excluding hydrogens is 328 g/mol. The van der Waals surface area contributed by atoms with Crippen molar-refractivity contribution in [2.75, 3.05) is 0 Å². The van der Waals surface area contributed by atoms with E-state index in [-0.39, 0.29) is 0 Å². The molecule has 0 heterocycles. The summed E-state index contributed by atoms with van der Waals surface area (Å²) in [6.45, 7) is 4.28. The quantitative estimate of drug-likeness (QED) is 0.421. The van der Waals surface area contributed by atoms with Crippen molar-refractivity contribution in [1.82, 2.24) is 0 Å². The molecule has 0 amide bonds. The first-order valence-electron chi connectivity index (χ1n) is 9.18. The molecule has 1 nitrogen and oxygen atoms in total. The fraction of sp³-hybridized carbons (Fsp3) is 0.0769. The van der Waals surface area contributed by atoms with Crippen LogP contribution in [0.25, 0.3) is 33.4 Å². The van der Waals surface area contributed by atoms with Crippen LogP contribution in [0.4, 0.5) is 0 Å². The van der Waals surface area contributed by atoms with E-state index in [2.05, 4.69) is 80.6 Å². The van der Waals surface area contributed by atoms with Gasteiger partial charge in [-0.25, -0.2) is 0 Å². The molecule has 0 radical (unpaired) electrons. The number of aromatic hydroxyl groups is 1. The summed E-state index contributed by atoms with van der Waals surface area (Å²) in [7, 11) is 0. The summed E-state index contributed by atoms with van der Waals surface area (Å²) in [5.74, 6) is 0.291. The fourth-order valence-corrected chi connectivity index (χ4v) is 3.41. The van der Waals surface area contributed by atoms with Crippen LogP contribution < -0.4 is 0 Å². The van der Waals surface area contributed by atoms with Crippen LogP contribution >= 0.6 is 0 Å². The van der Waals surface area contributed by atoms with Crippen molar-refractivity contribution < 1.29 is 5.11 Å². The number of hydrogen-bond donors (Lipinski definition) is 1. The van der Waals surface area contributed by atoms with Gasteiger partial charge in [0.2, 0.25) is 0 Å². The minimum absolute atomic E-state index is 0.291. The monoisotopic (exact) mass is 350 g/mol. The van der Waals surface area contributed by atoms with Gasteiger partial charge in [-0.15, -0.1) is 0 Å². The Morgan fingerprint density at radius 1 is 0.481 bits per heavy atom. The number of phenolic OH excluding ortho intramolecular Hbond substituents is 1. The Morgan fingerprint density at radius 3 is 1.48 bits per heavy atom. The summed E-state index contributed by atoms with van der Waals surface area (Å²) in [6, 6.07) is 31.2. The van der Waals surface area contributed by atoms with Crippen molar-refractivity contribution in [1.29, 1.82) is 0 Å². The van der Waals surface area contributed by atoms with Crippen LogP contribution in [0.3, 0.4) is 0 Å². The highest BCUT2D eigenvalue weighted by Gasteiger charge is 2.05. The SMILES string of the molecule is Cc1ccc(-c2ccc(-c3ccc(-c4ccc(O)cc4)cc3)cc2C)cc1. The summed E-state index contributed by atoms with van der Waals surface area (Å²) in [5, 5.41) is 9.44. The predicted octanol–water partition coefficient (Wildman–Crippen LogP) is 7.01. The Hall–Kier alpha value is -3.32. The number of aryl methyl sites for hydroxylation is 2. The van der Waals surface area contributed by atoms with Crippen molar-refractivity contribution in [3.05, 3.63) is 102 Å². The zero-order valence-corrected chi connectivity index (χ0v) is 15.6. The average molecular weight is 350 g/mol. The molecule has 4 aromatic rings. The number of hydrogen-bond acceptors (Lipinski definition) is 1. The highest BCUT2D eigenvalue weighted by atomic mass is 16.3. The Kier molecular flexibility index (Phi) is 4.52. The molecule has 1 N–H and O–H groups in total. The summed E-state index contributed by atoms with van der Waals surface area (Å²) < 4.78 is 0. The molecule has 132 valence electrons. The molecule has 1 heteroatoms. The zero-order chi connectivity index (χ0) is 18.8. The van der Waals surface area contributed by atoms with E-state index in [1.165, 1.54) is 33.4 Å². The van der Waals surface area contributed by atoms with Crippen molar-refractivity contribution in [3.8, 4) is 39.1 Å². The van der Waals surface area contributed by atoms with Crippen LogP contribution in [0, 0.1) is 13.8 Å². The first kappa shape index (κ1) is 17.1. The van der Waals surface area contributed by atoms with Crippen LogP contribution in [-0.2, 0) is 0 Å². The maximum atomic E-state index is 9.44. The topological polar surface area (TPSA) is 20.2 Å². The van der Waals surface area contributed by atoms with Crippen LogP contribution in [0.5, 0.6) is 5.75 Å². The van der Waals surface area contributed by atoms with E-state index >= 15 is 0 Å². The second-order valence-corrected chi connectivity index (χ2v) is 7.02. The van der Waals surface area contributed by atoms with Gasteiger partial charge in [0, 0.05) is 0 Å². The average Bonchev–Trinajstić information content (AvgIpc) is 2.69. The van der Waals surface area contributed by atoms with Crippen LogP contribution in [-0.4, -0.2) is 5.11 Å². The van der Waals surface area contributed by atoms with Gasteiger partial charge in [0.1, 0.15) is 5.75 Å². The van der Waals surface area contributed by atoms with E-state index < -0.39 is 0 Å². The summed E-state index contributed by atoms with van der Waals surface area (Å²) in [4.78, 5) is 0. The lowest BCUT2D eigenvalue weighted by molar-refractivity contribution is 0.475. The Morgan fingerprint density at radius 2 is 0.926 bits per heavy atom. The van der Waals surface area contributed by atoms with Gasteiger partial charge in [0.05, 0.1) is 0 Å². The summed E-state index contributed by atoms with van der Waals surface area (Å²) >= 11 is 0. The maximum Gasteiger partial charge on any atom is 0.115 e. The van der Waals surface area contributed by atoms with Gasteiger partial charge in [-0.1, -0.05) is 84.4 Å². The first-order valence-corrected chi connectivity index (χ1v) is 9.18. The molecule has 4 aromatic carbocycles. The zero-order valence-electron chi connectivity index (χ0n) is 15.6. The molecule has 0 aliphatic rings. The van der Waals surface area contributed by atoms with Crippen LogP contribution in [0.2, 0.25) is 0 Å². The Labute approximate surface area is 160 Å². The molecule has 0 saturated heterocycles. The molecular formula is C26H22O. The van der Waals surface area contributed by atoms with Crippen molar-refractivity contribution in [3.63, 3.8) is 0 Å². The van der Waals surface area contributed by atoms with Crippen molar-refractivity contribution >= 4 is 0 Å². The maximum absolute atomic E-state index is 9.44. The fourth-order valence-electron chi connectivity index (χ4n) is 3.41. The van der Waals surface area contributed by atoms with E-state index in [1.54, 1.807) is 12.1 Å². The lowest BCUT2D eigenvalue weighted by atomic mass is 9.94. The second kappa shape index (κ2) is 7.13. The molecule has 0 fully saturated rings. The highest BCUT2D eigenvalue weighted by molar-refractivity contribution is 5.75. The van der Waals surface area contributed by atoms with E-state index in [4.69, 9.17) is 0 Å². The second-order valence-electron chi connectivity index (χ2n) is 7.02. The van der Waals surface area contributed by atoms with Crippen LogP contribution in [0.1, 0.15) is 11.1 Å². The van der Waals surface area contributed by atoms with Gasteiger partial charge in [0.25, 0.3) is 0 Å². The van der Waals surface area contributed by atoms with Gasteiger partial charge in [-0.3, -0.25) is 0 Å². The van der Waals surface area contributed by atoms with Gasteiger partial charge < -0.3 is 5.11 Å². The number of rotatable bonds is 3. The molecule has 0 spiro atoms. The third-order valence-electron chi connectivity index (χ3n) is 5.01. The molecule has 0 saturated carbocycles. The molecule has 0 aliphatic heterocycles. The van der Waals surface area contributed by atoms with Gasteiger partial charge in [0.15, 0.2) is 0 Å². The lowest BCUT2D eigenvalue weighted by Gasteiger charge is -2.10. The molecule has 0 atom stereocenters. The van der Waals surface area contributed by atoms with Crippen LogP contribution in [0.15, 0.2) is 91.0 Å². The normalized spacial score (nSPS) is 10.7. The van der Waals surface area contributed by atoms with E-state index in [1.807, 2.05) is 12.1 Å².